The first kappa shape index (κ1) is 19.5. The van der Waals surface area contributed by atoms with Crippen molar-refractivity contribution in [3.8, 4) is 0 Å². The standard InChI is InChI=1S/C20H19FN2O5/c21-16-8-6-14(7-9-16)10-23-18(24)13-27-12-17(19(23)25)22-20(26)28-11-15-4-2-1-3-5-15/h1-9,17H,10-13H2,(H,22,26). The molecule has 0 bridgehead atoms. The fourth-order valence-electron chi connectivity index (χ4n) is 2.67. The molecule has 1 unspecified atom stereocenters. The molecule has 28 heavy (non-hydrogen) atoms. The molecule has 1 heterocycles. The van der Waals surface area contributed by atoms with Crippen molar-refractivity contribution >= 4 is 17.9 Å². The second-order valence-electron chi connectivity index (χ2n) is 6.22. The number of rotatable bonds is 5. The molecule has 3 amide bonds. The maximum absolute atomic E-state index is 13.1. The van der Waals surface area contributed by atoms with Crippen LogP contribution in [0.5, 0.6) is 0 Å². The summed E-state index contributed by atoms with van der Waals surface area (Å²) in [6, 6.07) is 13.5. The molecule has 0 aliphatic carbocycles. The van der Waals surface area contributed by atoms with E-state index in [1.165, 1.54) is 24.3 Å². The topological polar surface area (TPSA) is 84.9 Å². The van der Waals surface area contributed by atoms with Crippen molar-refractivity contribution in [1.82, 2.24) is 10.2 Å². The summed E-state index contributed by atoms with van der Waals surface area (Å²) in [5.41, 5.74) is 1.38. The Balaban J connectivity index is 1.62. The number of nitrogens with one attached hydrogen (secondary N) is 1. The molecule has 2 aromatic rings. The van der Waals surface area contributed by atoms with Crippen LogP contribution < -0.4 is 5.32 Å². The van der Waals surface area contributed by atoms with Crippen LogP contribution >= 0.6 is 0 Å². The second-order valence-corrected chi connectivity index (χ2v) is 6.22. The number of carbonyl (C=O) groups is 3. The third-order valence-corrected chi connectivity index (χ3v) is 4.13. The van der Waals surface area contributed by atoms with E-state index in [0.29, 0.717) is 5.56 Å². The van der Waals surface area contributed by atoms with Gasteiger partial charge < -0.3 is 14.8 Å². The molecule has 1 aliphatic heterocycles. The van der Waals surface area contributed by atoms with Gasteiger partial charge in [0.25, 0.3) is 11.8 Å². The summed E-state index contributed by atoms with van der Waals surface area (Å²) in [6.07, 6.45) is -0.790. The minimum absolute atomic E-state index is 0.0431. The van der Waals surface area contributed by atoms with Gasteiger partial charge in [-0.05, 0) is 23.3 Å². The molecule has 1 atom stereocenters. The lowest BCUT2D eigenvalue weighted by Gasteiger charge is -2.22. The number of nitrogens with zero attached hydrogens (tertiary/aromatic N) is 1. The maximum atomic E-state index is 13.1. The summed E-state index contributed by atoms with van der Waals surface area (Å²) in [5.74, 6) is -1.55. The predicted molar refractivity (Wildman–Crippen MR) is 96.3 cm³/mol. The molecule has 1 N–H and O–H groups in total. The van der Waals surface area contributed by atoms with Crippen molar-refractivity contribution < 1.29 is 28.2 Å². The molecule has 146 valence electrons. The molecule has 0 saturated carbocycles. The third-order valence-electron chi connectivity index (χ3n) is 4.13. The first-order valence-electron chi connectivity index (χ1n) is 8.66. The monoisotopic (exact) mass is 386 g/mol. The first-order valence-corrected chi connectivity index (χ1v) is 8.66. The molecule has 7 nitrogen and oxygen atoms in total. The van der Waals surface area contributed by atoms with Gasteiger partial charge in [-0.25, -0.2) is 9.18 Å². The quantitative estimate of drug-likeness (QED) is 0.795. The minimum atomic E-state index is -1.06. The van der Waals surface area contributed by atoms with Crippen LogP contribution in [0.2, 0.25) is 0 Å². The Morgan fingerprint density at radius 2 is 1.82 bits per heavy atom. The highest BCUT2D eigenvalue weighted by Gasteiger charge is 2.34. The molecule has 0 spiro atoms. The van der Waals surface area contributed by atoms with Gasteiger partial charge in [0, 0.05) is 0 Å². The highest BCUT2D eigenvalue weighted by molar-refractivity contribution is 6.00. The molecule has 0 aromatic heterocycles. The highest BCUT2D eigenvalue weighted by atomic mass is 19.1. The Labute approximate surface area is 161 Å². The van der Waals surface area contributed by atoms with Crippen LogP contribution in [-0.4, -0.2) is 42.1 Å². The van der Waals surface area contributed by atoms with Crippen molar-refractivity contribution in [2.24, 2.45) is 0 Å². The fourth-order valence-corrected chi connectivity index (χ4v) is 2.67. The maximum Gasteiger partial charge on any atom is 0.408 e. The number of carbonyl (C=O) groups excluding carboxylic acids is 3. The number of imide groups is 1. The summed E-state index contributed by atoms with van der Waals surface area (Å²) >= 11 is 0. The van der Waals surface area contributed by atoms with Gasteiger partial charge in [0.05, 0.1) is 13.2 Å². The summed E-state index contributed by atoms with van der Waals surface area (Å²) in [7, 11) is 0. The van der Waals surface area contributed by atoms with Gasteiger partial charge in [0.1, 0.15) is 25.1 Å². The number of alkyl carbamates (subject to hydrolysis) is 1. The van der Waals surface area contributed by atoms with Crippen molar-refractivity contribution in [3.05, 3.63) is 71.5 Å². The number of ether oxygens (including phenoxy) is 2. The number of benzene rings is 2. The molecule has 1 saturated heterocycles. The van der Waals surface area contributed by atoms with E-state index in [1.54, 1.807) is 12.1 Å². The highest BCUT2D eigenvalue weighted by Crippen LogP contribution is 2.12. The van der Waals surface area contributed by atoms with Gasteiger partial charge >= 0.3 is 6.09 Å². The Kier molecular flexibility index (Phi) is 6.33. The van der Waals surface area contributed by atoms with Crippen LogP contribution in [0.25, 0.3) is 0 Å². The molecule has 2 aromatic carbocycles. The lowest BCUT2D eigenvalue weighted by atomic mass is 10.2. The summed E-state index contributed by atoms with van der Waals surface area (Å²) in [6.45, 7) is -0.430. The van der Waals surface area contributed by atoms with Gasteiger partial charge in [-0.2, -0.15) is 0 Å². The number of halogens is 1. The van der Waals surface area contributed by atoms with Gasteiger partial charge in [-0.3, -0.25) is 14.5 Å². The number of hydrogen-bond donors (Lipinski definition) is 1. The van der Waals surface area contributed by atoms with Gasteiger partial charge in [0.15, 0.2) is 0 Å². The average molecular weight is 386 g/mol. The average Bonchev–Trinajstić information content (AvgIpc) is 2.82. The summed E-state index contributed by atoms with van der Waals surface area (Å²) in [4.78, 5) is 37.9. The predicted octanol–water partition coefficient (Wildman–Crippen LogP) is 2.01. The molecular formula is C20H19FN2O5. The largest absolute Gasteiger partial charge is 0.445 e. The first-order chi connectivity index (χ1) is 13.5. The Hall–Kier alpha value is -3.26. The molecule has 3 rings (SSSR count). The normalized spacial score (nSPS) is 17.2. The van der Waals surface area contributed by atoms with Crippen LogP contribution in [0, 0.1) is 5.82 Å². The molecular weight excluding hydrogens is 367 g/mol. The van der Waals surface area contributed by atoms with E-state index in [-0.39, 0.29) is 26.4 Å². The second kappa shape index (κ2) is 9.09. The van der Waals surface area contributed by atoms with E-state index < -0.39 is 29.8 Å². The van der Waals surface area contributed by atoms with E-state index in [9.17, 15) is 18.8 Å². The molecule has 8 heteroatoms. The SMILES string of the molecule is O=C(NC1COCC(=O)N(Cc2ccc(F)cc2)C1=O)OCc1ccccc1. The Morgan fingerprint density at radius 3 is 2.54 bits per heavy atom. The van der Waals surface area contributed by atoms with E-state index >= 15 is 0 Å². The zero-order valence-corrected chi connectivity index (χ0v) is 15.0. The summed E-state index contributed by atoms with van der Waals surface area (Å²) < 4.78 is 23.4. The minimum Gasteiger partial charge on any atom is -0.445 e. The fraction of sp³-hybridized carbons (Fsp3) is 0.250. The smallest absolute Gasteiger partial charge is 0.408 e. The van der Waals surface area contributed by atoms with E-state index in [1.807, 2.05) is 18.2 Å². The molecule has 1 aliphatic rings. The Morgan fingerprint density at radius 1 is 1.11 bits per heavy atom. The van der Waals surface area contributed by atoms with Crippen molar-refractivity contribution in [3.63, 3.8) is 0 Å². The molecule has 1 fully saturated rings. The molecule has 0 radical (unpaired) electrons. The number of hydrogen-bond acceptors (Lipinski definition) is 5. The van der Waals surface area contributed by atoms with Gasteiger partial charge in [-0.1, -0.05) is 42.5 Å². The van der Waals surface area contributed by atoms with Crippen molar-refractivity contribution in [1.29, 1.82) is 0 Å². The van der Waals surface area contributed by atoms with Gasteiger partial charge in [0.2, 0.25) is 0 Å². The van der Waals surface area contributed by atoms with E-state index in [2.05, 4.69) is 5.32 Å². The van der Waals surface area contributed by atoms with Crippen LogP contribution in [-0.2, 0) is 32.2 Å². The van der Waals surface area contributed by atoms with E-state index in [4.69, 9.17) is 9.47 Å². The van der Waals surface area contributed by atoms with Crippen LogP contribution in [0.1, 0.15) is 11.1 Å². The number of amides is 3. The summed E-state index contributed by atoms with van der Waals surface area (Å²) in [5, 5.41) is 2.43. The van der Waals surface area contributed by atoms with Crippen LogP contribution in [0.4, 0.5) is 9.18 Å². The lowest BCUT2D eigenvalue weighted by Crippen LogP contribution is -2.50. The van der Waals surface area contributed by atoms with Crippen molar-refractivity contribution in [2.75, 3.05) is 13.2 Å². The van der Waals surface area contributed by atoms with Crippen molar-refractivity contribution in [2.45, 2.75) is 19.2 Å². The van der Waals surface area contributed by atoms with Crippen LogP contribution in [0.15, 0.2) is 54.6 Å². The van der Waals surface area contributed by atoms with Gasteiger partial charge in [-0.15, -0.1) is 0 Å². The van der Waals surface area contributed by atoms with E-state index in [0.717, 1.165) is 10.5 Å². The zero-order chi connectivity index (χ0) is 19.9. The van der Waals surface area contributed by atoms with Crippen LogP contribution in [0.3, 0.4) is 0 Å². The zero-order valence-electron chi connectivity index (χ0n) is 15.0. The third kappa shape index (κ3) is 5.14. The lowest BCUT2D eigenvalue weighted by molar-refractivity contribution is -0.145. The Bertz CT molecular complexity index is 841.